The van der Waals surface area contributed by atoms with Gasteiger partial charge in [0, 0.05) is 11.4 Å². The van der Waals surface area contributed by atoms with E-state index in [1.807, 2.05) is 55.5 Å². The number of aliphatic hydroxyl groups is 1. The summed E-state index contributed by atoms with van der Waals surface area (Å²) in [5.74, 6) is 0.413. The number of carbonyl (C=O) groups is 1. The molecule has 0 aliphatic heterocycles. The molecule has 4 heteroatoms. The van der Waals surface area contributed by atoms with Crippen molar-refractivity contribution in [1.29, 1.82) is 0 Å². The van der Waals surface area contributed by atoms with E-state index < -0.39 is 0 Å². The summed E-state index contributed by atoms with van der Waals surface area (Å²) in [6.07, 6.45) is 0. The maximum atomic E-state index is 11.8. The lowest BCUT2D eigenvalue weighted by Gasteiger charge is -2.06. The zero-order valence-corrected chi connectivity index (χ0v) is 12.8. The van der Waals surface area contributed by atoms with Gasteiger partial charge >= 0.3 is 0 Å². The smallest absolute Gasteiger partial charge is 0.230 e. The van der Waals surface area contributed by atoms with E-state index >= 15 is 0 Å². The second-order valence-electron chi connectivity index (χ2n) is 4.85. The maximum Gasteiger partial charge on any atom is 0.230 e. The molecule has 2 N–H and O–H groups in total. The zero-order valence-electron chi connectivity index (χ0n) is 12.0. The van der Waals surface area contributed by atoms with Crippen LogP contribution in [0.25, 0.3) is 0 Å². The lowest BCUT2D eigenvalue weighted by Crippen LogP contribution is -2.24. The van der Waals surface area contributed by atoms with Crippen molar-refractivity contribution in [3.63, 3.8) is 0 Å². The first kappa shape index (κ1) is 15.6. The molecule has 0 saturated heterocycles. The van der Waals surface area contributed by atoms with Crippen LogP contribution in [-0.2, 0) is 17.9 Å². The highest BCUT2D eigenvalue weighted by atomic mass is 32.2. The first-order valence-corrected chi connectivity index (χ1v) is 7.81. The molecular formula is C17H19NO2S. The minimum absolute atomic E-state index is 0.0202. The number of hydrogen-bond acceptors (Lipinski definition) is 3. The molecule has 0 spiro atoms. The van der Waals surface area contributed by atoms with Crippen molar-refractivity contribution in [2.24, 2.45) is 0 Å². The Hall–Kier alpha value is -1.78. The van der Waals surface area contributed by atoms with Crippen LogP contribution in [0.3, 0.4) is 0 Å². The summed E-state index contributed by atoms with van der Waals surface area (Å²) in [6, 6.07) is 15.7. The minimum Gasteiger partial charge on any atom is -0.392 e. The highest BCUT2D eigenvalue weighted by molar-refractivity contribution is 8.00. The predicted molar refractivity (Wildman–Crippen MR) is 86.1 cm³/mol. The van der Waals surface area contributed by atoms with E-state index in [9.17, 15) is 4.79 Å². The van der Waals surface area contributed by atoms with Crippen LogP contribution in [0.15, 0.2) is 53.4 Å². The van der Waals surface area contributed by atoms with Crippen LogP contribution >= 0.6 is 11.8 Å². The molecule has 0 saturated carbocycles. The van der Waals surface area contributed by atoms with Gasteiger partial charge in [-0.15, -0.1) is 11.8 Å². The van der Waals surface area contributed by atoms with Crippen molar-refractivity contribution in [2.45, 2.75) is 25.0 Å². The predicted octanol–water partition coefficient (Wildman–Crippen LogP) is 2.90. The Kier molecular flexibility index (Phi) is 5.84. The Morgan fingerprint density at radius 2 is 1.67 bits per heavy atom. The van der Waals surface area contributed by atoms with Crippen molar-refractivity contribution >= 4 is 17.7 Å². The van der Waals surface area contributed by atoms with Crippen LogP contribution in [0.2, 0.25) is 0 Å². The lowest BCUT2D eigenvalue weighted by molar-refractivity contribution is -0.118. The van der Waals surface area contributed by atoms with E-state index in [1.54, 1.807) is 0 Å². The molecule has 0 heterocycles. The molecule has 1 amide bonds. The molecule has 0 bridgehead atoms. The van der Waals surface area contributed by atoms with Gasteiger partial charge in [-0.1, -0.05) is 42.0 Å². The fourth-order valence-corrected chi connectivity index (χ4v) is 2.53. The molecule has 0 aliphatic carbocycles. The standard InChI is InChI=1S/C17H19NO2S/c1-13-2-4-14(5-3-13)10-18-17(20)12-21-16-8-6-15(11-19)7-9-16/h2-9,19H,10-12H2,1H3,(H,18,20). The van der Waals surface area contributed by atoms with Crippen LogP contribution in [-0.4, -0.2) is 16.8 Å². The number of rotatable bonds is 6. The normalized spacial score (nSPS) is 10.4. The van der Waals surface area contributed by atoms with Crippen LogP contribution in [0.4, 0.5) is 0 Å². The van der Waals surface area contributed by atoms with Gasteiger partial charge in [0.1, 0.15) is 0 Å². The maximum absolute atomic E-state index is 11.8. The molecule has 110 valence electrons. The molecule has 0 unspecified atom stereocenters. The summed E-state index contributed by atoms with van der Waals surface area (Å²) in [4.78, 5) is 12.8. The van der Waals surface area contributed by atoms with Gasteiger partial charge in [0.2, 0.25) is 5.91 Å². The van der Waals surface area contributed by atoms with Crippen molar-refractivity contribution in [3.05, 3.63) is 65.2 Å². The number of nitrogens with one attached hydrogen (secondary N) is 1. The number of benzene rings is 2. The van der Waals surface area contributed by atoms with Crippen molar-refractivity contribution in [1.82, 2.24) is 5.32 Å². The number of hydrogen-bond donors (Lipinski definition) is 2. The number of thioether (sulfide) groups is 1. The third-order valence-electron chi connectivity index (χ3n) is 3.09. The van der Waals surface area contributed by atoms with Crippen LogP contribution in [0, 0.1) is 6.92 Å². The Balaban J connectivity index is 1.75. The second kappa shape index (κ2) is 7.86. The summed E-state index contributed by atoms with van der Waals surface area (Å²) < 4.78 is 0. The molecule has 3 nitrogen and oxygen atoms in total. The van der Waals surface area contributed by atoms with E-state index in [4.69, 9.17) is 5.11 Å². The van der Waals surface area contributed by atoms with Gasteiger partial charge in [-0.25, -0.2) is 0 Å². The van der Waals surface area contributed by atoms with Crippen LogP contribution in [0.5, 0.6) is 0 Å². The highest BCUT2D eigenvalue weighted by Crippen LogP contribution is 2.18. The number of aliphatic hydroxyl groups excluding tert-OH is 1. The summed E-state index contributed by atoms with van der Waals surface area (Å²) in [5.41, 5.74) is 3.20. The summed E-state index contributed by atoms with van der Waals surface area (Å²) >= 11 is 1.49. The third-order valence-corrected chi connectivity index (χ3v) is 4.10. The fraction of sp³-hybridized carbons (Fsp3) is 0.235. The van der Waals surface area contributed by atoms with Crippen molar-refractivity contribution < 1.29 is 9.90 Å². The van der Waals surface area contributed by atoms with Crippen LogP contribution in [0.1, 0.15) is 16.7 Å². The molecule has 0 fully saturated rings. The van der Waals surface area contributed by atoms with Gasteiger partial charge in [-0.2, -0.15) is 0 Å². The molecule has 2 aromatic carbocycles. The highest BCUT2D eigenvalue weighted by Gasteiger charge is 2.03. The first-order chi connectivity index (χ1) is 10.2. The van der Waals surface area contributed by atoms with Gasteiger partial charge in [-0.05, 0) is 30.2 Å². The number of aryl methyl sites for hydroxylation is 1. The number of carbonyl (C=O) groups excluding carboxylic acids is 1. The van der Waals surface area contributed by atoms with Crippen molar-refractivity contribution in [3.8, 4) is 0 Å². The summed E-state index contributed by atoms with van der Waals surface area (Å²) in [6.45, 7) is 2.65. The second-order valence-corrected chi connectivity index (χ2v) is 5.90. The topological polar surface area (TPSA) is 49.3 Å². The monoisotopic (exact) mass is 301 g/mol. The molecule has 0 aliphatic rings. The third kappa shape index (κ3) is 5.25. The van der Waals surface area contributed by atoms with E-state index in [2.05, 4.69) is 5.32 Å². The van der Waals surface area contributed by atoms with Gasteiger partial charge in [0.05, 0.1) is 12.4 Å². The molecule has 2 rings (SSSR count). The Labute approximate surface area is 129 Å². The van der Waals surface area contributed by atoms with E-state index in [0.717, 1.165) is 16.0 Å². The largest absolute Gasteiger partial charge is 0.392 e. The molecular weight excluding hydrogens is 282 g/mol. The minimum atomic E-state index is 0.0202. The first-order valence-electron chi connectivity index (χ1n) is 6.82. The zero-order chi connectivity index (χ0) is 15.1. The summed E-state index contributed by atoms with van der Waals surface area (Å²) in [7, 11) is 0. The SMILES string of the molecule is Cc1ccc(CNC(=O)CSc2ccc(CO)cc2)cc1. The fourth-order valence-electron chi connectivity index (χ4n) is 1.80. The molecule has 0 aromatic heterocycles. The van der Waals surface area contributed by atoms with Crippen molar-refractivity contribution in [2.75, 3.05) is 5.75 Å². The van der Waals surface area contributed by atoms with Gasteiger partial charge < -0.3 is 10.4 Å². The van der Waals surface area contributed by atoms with E-state index in [1.165, 1.54) is 17.3 Å². The number of amides is 1. The Bertz CT molecular complexity index is 579. The molecule has 0 atom stereocenters. The Morgan fingerprint density at radius 3 is 2.29 bits per heavy atom. The lowest BCUT2D eigenvalue weighted by atomic mass is 10.1. The molecule has 0 radical (unpaired) electrons. The van der Waals surface area contributed by atoms with Gasteiger partial charge in [0.25, 0.3) is 0 Å². The van der Waals surface area contributed by atoms with Crippen LogP contribution < -0.4 is 5.32 Å². The quantitative estimate of drug-likeness (QED) is 0.807. The van der Waals surface area contributed by atoms with E-state index in [-0.39, 0.29) is 12.5 Å². The average Bonchev–Trinajstić information content (AvgIpc) is 2.53. The molecule has 21 heavy (non-hydrogen) atoms. The molecule has 2 aromatic rings. The Morgan fingerprint density at radius 1 is 1.05 bits per heavy atom. The van der Waals surface area contributed by atoms with Gasteiger partial charge in [0.15, 0.2) is 0 Å². The average molecular weight is 301 g/mol. The summed E-state index contributed by atoms with van der Waals surface area (Å²) in [5, 5.41) is 11.9. The van der Waals surface area contributed by atoms with Gasteiger partial charge in [-0.3, -0.25) is 4.79 Å². The van der Waals surface area contributed by atoms with E-state index in [0.29, 0.717) is 12.3 Å².